The molecule has 2 atom stereocenters. The molecular weight excluding hydrogens is 382 g/mol. The number of pyridine rings is 1. The van der Waals surface area contributed by atoms with Crippen LogP contribution >= 0.6 is 0 Å². The van der Waals surface area contributed by atoms with Crippen LogP contribution in [-0.2, 0) is 20.9 Å². The smallest absolute Gasteiger partial charge is 0.159 e. The molecule has 1 aromatic carbocycles. The average Bonchev–Trinajstić information content (AvgIpc) is 2.74. The van der Waals surface area contributed by atoms with Crippen LogP contribution in [0.3, 0.4) is 0 Å². The minimum absolute atomic E-state index is 0.153. The second-order valence-electron chi connectivity index (χ2n) is 6.82. The van der Waals surface area contributed by atoms with Crippen LogP contribution in [0.25, 0.3) is 0 Å². The van der Waals surface area contributed by atoms with Gasteiger partial charge in [-0.3, -0.25) is 4.98 Å². The fourth-order valence-electron chi connectivity index (χ4n) is 2.87. The van der Waals surface area contributed by atoms with Gasteiger partial charge in [0, 0.05) is 18.4 Å². The largest absolute Gasteiger partial charge is 0.392 e. The molecule has 1 saturated heterocycles. The van der Waals surface area contributed by atoms with Gasteiger partial charge in [0.25, 0.3) is 0 Å². The summed E-state index contributed by atoms with van der Waals surface area (Å²) in [7, 11) is 0. The number of oxime groups is 1. The van der Waals surface area contributed by atoms with Crippen LogP contribution in [0.4, 0.5) is 8.78 Å². The number of hydrogen-bond donors (Lipinski definition) is 1. The molecular formula is C21H24F2N2O4. The number of aliphatic hydroxyl groups is 1. The first-order chi connectivity index (χ1) is 14.1. The highest BCUT2D eigenvalue weighted by Crippen LogP contribution is 2.17. The van der Waals surface area contributed by atoms with Crippen molar-refractivity contribution >= 4 is 5.71 Å². The van der Waals surface area contributed by atoms with Gasteiger partial charge in [-0.15, -0.1) is 0 Å². The zero-order valence-corrected chi connectivity index (χ0v) is 16.2. The summed E-state index contributed by atoms with van der Waals surface area (Å²) < 4.78 is 38.4. The van der Waals surface area contributed by atoms with Gasteiger partial charge in [-0.05, 0) is 56.0 Å². The molecule has 29 heavy (non-hydrogen) atoms. The zero-order chi connectivity index (χ0) is 20.6. The molecule has 1 N–H and O–H groups in total. The van der Waals surface area contributed by atoms with Gasteiger partial charge >= 0.3 is 0 Å². The van der Waals surface area contributed by atoms with E-state index in [0.29, 0.717) is 23.4 Å². The molecule has 1 aliphatic heterocycles. The van der Waals surface area contributed by atoms with Crippen LogP contribution in [0, 0.1) is 11.6 Å². The molecule has 2 heterocycles. The maximum Gasteiger partial charge on any atom is 0.159 e. The van der Waals surface area contributed by atoms with Crippen molar-refractivity contribution in [1.82, 2.24) is 4.98 Å². The van der Waals surface area contributed by atoms with E-state index in [1.165, 1.54) is 12.3 Å². The van der Waals surface area contributed by atoms with Crippen LogP contribution in [0.1, 0.15) is 43.0 Å². The van der Waals surface area contributed by atoms with Crippen molar-refractivity contribution < 1.29 is 28.2 Å². The predicted octanol–water partition coefficient (Wildman–Crippen LogP) is 3.55. The summed E-state index contributed by atoms with van der Waals surface area (Å²) in [5.41, 5.74) is 1.58. The number of halogens is 2. The van der Waals surface area contributed by atoms with Gasteiger partial charge in [-0.25, -0.2) is 8.78 Å². The summed E-state index contributed by atoms with van der Waals surface area (Å²) in [6, 6.07) is 6.76. The molecule has 1 aliphatic rings. The molecule has 0 saturated carbocycles. The Bertz CT molecular complexity index is 824. The van der Waals surface area contributed by atoms with E-state index >= 15 is 0 Å². The van der Waals surface area contributed by atoms with Gasteiger partial charge in [-0.1, -0.05) is 11.2 Å². The Balaban J connectivity index is 1.73. The number of aromatic nitrogens is 1. The van der Waals surface area contributed by atoms with E-state index in [0.717, 1.165) is 31.4 Å². The van der Waals surface area contributed by atoms with Crippen LogP contribution < -0.4 is 0 Å². The van der Waals surface area contributed by atoms with Crippen molar-refractivity contribution in [2.24, 2.45) is 5.16 Å². The molecule has 1 aromatic heterocycles. The van der Waals surface area contributed by atoms with Crippen LogP contribution in [0.15, 0.2) is 41.7 Å². The first-order valence-corrected chi connectivity index (χ1v) is 9.55. The normalized spacial score (nSPS) is 18.5. The molecule has 0 spiro atoms. The van der Waals surface area contributed by atoms with Crippen molar-refractivity contribution in [3.8, 4) is 0 Å². The third kappa shape index (κ3) is 6.03. The topological polar surface area (TPSA) is 73.2 Å². The lowest BCUT2D eigenvalue weighted by molar-refractivity contribution is -0.193. The molecule has 3 rings (SSSR count). The summed E-state index contributed by atoms with van der Waals surface area (Å²) in [6.07, 6.45) is 3.91. The molecule has 1 unspecified atom stereocenters. The average molecular weight is 406 g/mol. The van der Waals surface area contributed by atoms with Crippen molar-refractivity contribution in [1.29, 1.82) is 0 Å². The highest BCUT2D eigenvalue weighted by atomic mass is 19.2. The van der Waals surface area contributed by atoms with Gasteiger partial charge in [0.15, 0.2) is 17.9 Å². The van der Waals surface area contributed by atoms with E-state index < -0.39 is 11.6 Å². The molecule has 0 radical (unpaired) electrons. The Morgan fingerprint density at radius 1 is 1.28 bits per heavy atom. The van der Waals surface area contributed by atoms with Gasteiger partial charge < -0.3 is 19.4 Å². The molecule has 2 aromatic rings. The number of rotatable bonds is 8. The van der Waals surface area contributed by atoms with E-state index in [1.807, 2.05) is 6.92 Å². The Hall–Kier alpha value is -2.42. The quantitative estimate of drug-likeness (QED) is 0.536. The second kappa shape index (κ2) is 10.4. The first-order valence-electron chi connectivity index (χ1n) is 9.55. The van der Waals surface area contributed by atoms with Crippen molar-refractivity contribution in [3.63, 3.8) is 0 Å². The Kier molecular flexibility index (Phi) is 7.62. The summed E-state index contributed by atoms with van der Waals surface area (Å²) >= 11 is 0. The Morgan fingerprint density at radius 2 is 2.14 bits per heavy atom. The van der Waals surface area contributed by atoms with E-state index in [2.05, 4.69) is 10.1 Å². The van der Waals surface area contributed by atoms with Crippen LogP contribution in [-0.4, -0.2) is 41.4 Å². The number of ether oxygens (including phenoxy) is 2. The maximum absolute atomic E-state index is 13.7. The second-order valence-corrected chi connectivity index (χ2v) is 6.82. The van der Waals surface area contributed by atoms with Crippen LogP contribution in [0.5, 0.6) is 0 Å². The lowest BCUT2D eigenvalue weighted by Gasteiger charge is -2.25. The number of benzene rings is 1. The maximum atomic E-state index is 13.7. The molecule has 8 heteroatoms. The van der Waals surface area contributed by atoms with Gasteiger partial charge in [0.05, 0.1) is 18.4 Å². The summed E-state index contributed by atoms with van der Waals surface area (Å²) in [6.45, 7) is 2.53. The highest BCUT2D eigenvalue weighted by Gasteiger charge is 2.18. The minimum atomic E-state index is -0.992. The fraction of sp³-hybridized carbons (Fsp3) is 0.429. The van der Waals surface area contributed by atoms with Gasteiger partial charge in [-0.2, -0.15) is 0 Å². The first kappa shape index (κ1) is 21.3. The molecule has 6 nitrogen and oxygen atoms in total. The molecule has 0 amide bonds. The standard InChI is InChI=1S/C21H24F2N2O4/c1-14(29-20-4-2-3-9-27-20)13-28-25-21(16-6-7-17(22)18(23)10-16)19-8-5-15(12-26)11-24-19/h5-8,10-11,14,20,26H,2-4,9,12-13H2,1H3/t14-,20?/m1/s1. The van der Waals surface area contributed by atoms with Gasteiger partial charge in [0.2, 0.25) is 0 Å². The molecule has 1 fully saturated rings. The Labute approximate surface area is 168 Å². The number of hydrogen-bond acceptors (Lipinski definition) is 6. The van der Waals surface area contributed by atoms with Crippen molar-refractivity contribution in [3.05, 3.63) is 65.0 Å². The van der Waals surface area contributed by atoms with Crippen molar-refractivity contribution in [2.75, 3.05) is 13.2 Å². The third-order valence-corrected chi connectivity index (χ3v) is 4.43. The van der Waals surface area contributed by atoms with E-state index in [-0.39, 0.29) is 31.3 Å². The van der Waals surface area contributed by atoms with Crippen LogP contribution in [0.2, 0.25) is 0 Å². The monoisotopic (exact) mass is 406 g/mol. The number of nitrogens with zero attached hydrogens (tertiary/aromatic N) is 2. The summed E-state index contributed by atoms with van der Waals surface area (Å²) in [5, 5.41) is 13.3. The van der Waals surface area contributed by atoms with E-state index in [4.69, 9.17) is 14.3 Å². The third-order valence-electron chi connectivity index (χ3n) is 4.43. The fourth-order valence-corrected chi connectivity index (χ4v) is 2.87. The minimum Gasteiger partial charge on any atom is -0.392 e. The van der Waals surface area contributed by atoms with E-state index in [9.17, 15) is 13.9 Å². The SMILES string of the molecule is C[C@H](CON=C(c1ccc(F)c(F)c1)c1ccc(CO)cn1)OC1CCCCO1. The Morgan fingerprint density at radius 3 is 2.79 bits per heavy atom. The molecule has 156 valence electrons. The predicted molar refractivity (Wildman–Crippen MR) is 102 cm³/mol. The van der Waals surface area contributed by atoms with Gasteiger partial charge in [0.1, 0.15) is 12.3 Å². The zero-order valence-electron chi connectivity index (χ0n) is 16.2. The number of aliphatic hydroxyl groups excluding tert-OH is 1. The lowest BCUT2D eigenvalue weighted by atomic mass is 10.1. The summed E-state index contributed by atoms with van der Waals surface area (Å²) in [4.78, 5) is 9.67. The lowest BCUT2D eigenvalue weighted by Crippen LogP contribution is -2.28. The van der Waals surface area contributed by atoms with Crippen molar-refractivity contribution in [2.45, 2.75) is 45.2 Å². The highest BCUT2D eigenvalue weighted by molar-refractivity contribution is 6.11. The summed E-state index contributed by atoms with van der Waals surface area (Å²) in [5.74, 6) is -1.94. The van der Waals surface area contributed by atoms with E-state index in [1.54, 1.807) is 12.1 Å². The molecule has 0 bridgehead atoms. The molecule has 0 aliphatic carbocycles.